The number of nitrogens with two attached hydrogens (primary N) is 1. The molecule has 0 aliphatic heterocycles. The van der Waals surface area contributed by atoms with Crippen LogP contribution in [-0.4, -0.2) is 37.6 Å². The van der Waals surface area contributed by atoms with E-state index in [0.717, 1.165) is 49.7 Å². The maximum absolute atomic E-state index is 6.25. The monoisotopic (exact) mass is 297 g/mol. The van der Waals surface area contributed by atoms with Crippen LogP contribution < -0.4 is 10.6 Å². The lowest BCUT2D eigenvalue weighted by molar-refractivity contribution is 0.300. The summed E-state index contributed by atoms with van der Waals surface area (Å²) >= 11 is 6.25. The third-order valence-corrected chi connectivity index (χ3v) is 4.17. The molecular formula is C16H28ClN3. The molecule has 0 aliphatic carbocycles. The van der Waals surface area contributed by atoms with Gasteiger partial charge in [0.25, 0.3) is 0 Å². The first-order valence-corrected chi connectivity index (χ1v) is 8.00. The van der Waals surface area contributed by atoms with Gasteiger partial charge in [0, 0.05) is 35.9 Å². The zero-order chi connectivity index (χ0) is 15.0. The van der Waals surface area contributed by atoms with E-state index in [0.29, 0.717) is 6.54 Å². The fourth-order valence-corrected chi connectivity index (χ4v) is 2.77. The summed E-state index contributed by atoms with van der Waals surface area (Å²) in [7, 11) is 0. The Labute approximate surface area is 128 Å². The summed E-state index contributed by atoms with van der Waals surface area (Å²) in [6.07, 6.45) is 1.16. The molecule has 0 aromatic heterocycles. The summed E-state index contributed by atoms with van der Waals surface area (Å²) < 4.78 is 0. The van der Waals surface area contributed by atoms with Crippen LogP contribution in [0.1, 0.15) is 32.8 Å². The topological polar surface area (TPSA) is 32.5 Å². The first-order valence-electron chi connectivity index (χ1n) is 7.62. The molecule has 0 aliphatic rings. The Morgan fingerprint density at radius 2 is 1.75 bits per heavy atom. The van der Waals surface area contributed by atoms with Crippen LogP contribution in [0.25, 0.3) is 0 Å². The second kappa shape index (κ2) is 9.22. The molecule has 0 atom stereocenters. The lowest BCUT2D eigenvalue weighted by atomic mass is 10.1. The highest BCUT2D eigenvalue weighted by atomic mass is 35.5. The number of nitrogens with zero attached hydrogens (tertiary/aromatic N) is 2. The van der Waals surface area contributed by atoms with Crippen molar-refractivity contribution in [2.75, 3.05) is 37.6 Å². The Morgan fingerprint density at radius 3 is 2.30 bits per heavy atom. The molecule has 114 valence electrons. The van der Waals surface area contributed by atoms with Crippen molar-refractivity contribution in [2.24, 2.45) is 5.73 Å². The van der Waals surface area contributed by atoms with Gasteiger partial charge in [-0.05, 0) is 45.1 Å². The van der Waals surface area contributed by atoms with Gasteiger partial charge in [0.15, 0.2) is 0 Å². The Balaban J connectivity index is 2.69. The van der Waals surface area contributed by atoms with Crippen LogP contribution in [0, 0.1) is 0 Å². The second-order valence-corrected chi connectivity index (χ2v) is 5.31. The highest BCUT2D eigenvalue weighted by molar-refractivity contribution is 6.31. The summed E-state index contributed by atoms with van der Waals surface area (Å²) in [5.41, 5.74) is 8.08. The second-order valence-electron chi connectivity index (χ2n) is 4.90. The summed E-state index contributed by atoms with van der Waals surface area (Å²) in [6.45, 7) is 12.5. The molecule has 0 radical (unpaired) electrons. The largest absolute Gasteiger partial charge is 0.371 e. The molecule has 0 fully saturated rings. The number of halogens is 1. The van der Waals surface area contributed by atoms with Crippen molar-refractivity contribution in [3.63, 3.8) is 0 Å². The third-order valence-electron chi connectivity index (χ3n) is 3.82. The maximum atomic E-state index is 6.25. The van der Waals surface area contributed by atoms with Crippen LogP contribution in [-0.2, 0) is 6.54 Å². The van der Waals surface area contributed by atoms with Crippen molar-refractivity contribution in [2.45, 2.75) is 33.7 Å². The Kier molecular flexibility index (Phi) is 7.97. The number of benzene rings is 1. The highest BCUT2D eigenvalue weighted by Gasteiger charge is 2.11. The molecule has 0 saturated carbocycles. The number of anilines is 1. The van der Waals surface area contributed by atoms with E-state index in [4.69, 9.17) is 17.3 Å². The van der Waals surface area contributed by atoms with E-state index < -0.39 is 0 Å². The molecule has 0 bridgehead atoms. The molecule has 4 heteroatoms. The zero-order valence-electron chi connectivity index (χ0n) is 13.0. The van der Waals surface area contributed by atoms with Gasteiger partial charge in [-0.25, -0.2) is 0 Å². The average molecular weight is 298 g/mol. The molecule has 2 N–H and O–H groups in total. The molecule has 1 aromatic carbocycles. The van der Waals surface area contributed by atoms with E-state index in [9.17, 15) is 0 Å². The van der Waals surface area contributed by atoms with Crippen molar-refractivity contribution >= 4 is 17.3 Å². The van der Waals surface area contributed by atoms with Gasteiger partial charge in [-0.2, -0.15) is 0 Å². The molecule has 1 aromatic rings. The molecular weight excluding hydrogens is 270 g/mol. The number of hydrogen-bond donors (Lipinski definition) is 1. The zero-order valence-corrected chi connectivity index (χ0v) is 13.8. The van der Waals surface area contributed by atoms with Gasteiger partial charge in [0.2, 0.25) is 0 Å². The predicted octanol–water partition coefficient (Wildman–Crippen LogP) is 3.36. The van der Waals surface area contributed by atoms with Gasteiger partial charge in [-0.1, -0.05) is 31.5 Å². The normalized spacial score (nSPS) is 11.1. The molecule has 0 heterocycles. The first kappa shape index (κ1) is 17.3. The molecule has 20 heavy (non-hydrogen) atoms. The molecule has 0 spiro atoms. The SMILES string of the molecule is CCN(CC)CCCN(CC)c1cccc(Cl)c1CN. The summed E-state index contributed by atoms with van der Waals surface area (Å²) in [6, 6.07) is 6.04. The Bertz CT molecular complexity index is 391. The van der Waals surface area contributed by atoms with Gasteiger partial charge >= 0.3 is 0 Å². The molecule has 0 saturated heterocycles. The summed E-state index contributed by atoms with van der Waals surface area (Å²) in [5.74, 6) is 0. The van der Waals surface area contributed by atoms with Crippen molar-refractivity contribution in [1.29, 1.82) is 0 Å². The highest BCUT2D eigenvalue weighted by Crippen LogP contribution is 2.27. The van der Waals surface area contributed by atoms with Crippen LogP contribution in [0.15, 0.2) is 18.2 Å². The standard InChI is InChI=1S/C16H28ClN3/c1-4-19(5-2)11-8-12-20(6-3)16-10-7-9-15(17)14(16)13-18/h7,9-10H,4-6,8,11-13,18H2,1-3H3. The van der Waals surface area contributed by atoms with E-state index in [1.807, 2.05) is 12.1 Å². The lowest BCUT2D eigenvalue weighted by Crippen LogP contribution is -2.30. The van der Waals surface area contributed by atoms with Crippen molar-refractivity contribution in [3.05, 3.63) is 28.8 Å². The van der Waals surface area contributed by atoms with Crippen molar-refractivity contribution < 1.29 is 0 Å². The van der Waals surface area contributed by atoms with Gasteiger partial charge in [0.05, 0.1) is 0 Å². The fourth-order valence-electron chi connectivity index (χ4n) is 2.52. The van der Waals surface area contributed by atoms with E-state index in [-0.39, 0.29) is 0 Å². The van der Waals surface area contributed by atoms with Crippen molar-refractivity contribution in [1.82, 2.24) is 4.90 Å². The quantitative estimate of drug-likeness (QED) is 0.758. The van der Waals surface area contributed by atoms with Crippen LogP contribution in [0.5, 0.6) is 0 Å². The average Bonchev–Trinajstić information content (AvgIpc) is 2.47. The number of hydrogen-bond acceptors (Lipinski definition) is 3. The fraction of sp³-hybridized carbons (Fsp3) is 0.625. The van der Waals surface area contributed by atoms with Crippen LogP contribution in [0.3, 0.4) is 0 Å². The molecule has 1 rings (SSSR count). The van der Waals surface area contributed by atoms with Gasteiger partial charge in [0.1, 0.15) is 0 Å². The molecule has 3 nitrogen and oxygen atoms in total. The van der Waals surface area contributed by atoms with E-state index in [2.05, 4.69) is 36.6 Å². The van der Waals surface area contributed by atoms with Gasteiger partial charge < -0.3 is 15.5 Å². The van der Waals surface area contributed by atoms with Crippen molar-refractivity contribution in [3.8, 4) is 0 Å². The predicted molar refractivity (Wildman–Crippen MR) is 89.6 cm³/mol. The minimum atomic E-state index is 0.488. The first-order chi connectivity index (χ1) is 9.67. The van der Waals surface area contributed by atoms with E-state index in [1.54, 1.807) is 0 Å². The molecule has 0 unspecified atom stereocenters. The van der Waals surface area contributed by atoms with Gasteiger partial charge in [-0.3, -0.25) is 0 Å². The molecule has 0 amide bonds. The van der Waals surface area contributed by atoms with Crippen LogP contribution in [0.2, 0.25) is 5.02 Å². The summed E-state index contributed by atoms with van der Waals surface area (Å²) in [5, 5.41) is 0.771. The van der Waals surface area contributed by atoms with Crippen LogP contribution >= 0.6 is 11.6 Å². The summed E-state index contributed by atoms with van der Waals surface area (Å²) in [4.78, 5) is 4.83. The third kappa shape index (κ3) is 4.65. The Morgan fingerprint density at radius 1 is 1.05 bits per heavy atom. The number of rotatable bonds is 9. The van der Waals surface area contributed by atoms with Crippen LogP contribution in [0.4, 0.5) is 5.69 Å². The van der Waals surface area contributed by atoms with Gasteiger partial charge in [-0.15, -0.1) is 0 Å². The Hall–Kier alpha value is -0.770. The van der Waals surface area contributed by atoms with E-state index >= 15 is 0 Å². The minimum Gasteiger partial charge on any atom is -0.371 e. The smallest absolute Gasteiger partial charge is 0.0471 e. The lowest BCUT2D eigenvalue weighted by Gasteiger charge is -2.27. The van der Waals surface area contributed by atoms with E-state index in [1.165, 1.54) is 5.69 Å². The minimum absolute atomic E-state index is 0.488. The maximum Gasteiger partial charge on any atom is 0.0471 e.